The summed E-state index contributed by atoms with van der Waals surface area (Å²) in [7, 11) is 1.57. The molecule has 0 bridgehead atoms. The largest absolute Gasteiger partial charge is 0.472 e. The highest BCUT2D eigenvalue weighted by Crippen LogP contribution is 2.43. The molecule has 316 valence electrons. The number of quaternary nitrogens is 1. The maximum absolute atomic E-state index is 12.7. The predicted octanol–water partition coefficient (Wildman–Crippen LogP) is 12.4. The number of amides is 1. The summed E-state index contributed by atoms with van der Waals surface area (Å²) < 4.78 is 23.3. The van der Waals surface area contributed by atoms with E-state index < -0.39 is 20.0 Å². The first-order valence-electron chi connectivity index (χ1n) is 22.6. The van der Waals surface area contributed by atoms with Gasteiger partial charge in [-0.1, -0.05) is 206 Å². The number of aliphatic hydroxyl groups is 1. The van der Waals surface area contributed by atoms with Crippen molar-refractivity contribution in [3.63, 3.8) is 0 Å². The van der Waals surface area contributed by atoms with Crippen LogP contribution in [0.2, 0.25) is 0 Å². The molecule has 0 aromatic heterocycles. The van der Waals surface area contributed by atoms with E-state index in [4.69, 9.17) is 9.05 Å². The molecule has 0 radical (unpaired) electrons. The zero-order chi connectivity index (χ0) is 39.3. The van der Waals surface area contributed by atoms with E-state index in [0.29, 0.717) is 17.4 Å². The number of phosphoric ester groups is 1. The fraction of sp³-hybridized carbons (Fsp3) is 0.932. The Balaban J connectivity index is 3.83. The van der Waals surface area contributed by atoms with Gasteiger partial charge in [-0.05, 0) is 12.8 Å². The normalized spacial score (nSPS) is 14.5. The average molecular weight is 774 g/mol. The fourth-order valence-corrected chi connectivity index (χ4v) is 7.35. The lowest BCUT2D eigenvalue weighted by Gasteiger charge is -2.25. The molecule has 0 aliphatic carbocycles. The number of carbonyl (C=O) groups excluding carboxylic acids is 1. The Morgan fingerprint density at radius 2 is 1.00 bits per heavy atom. The summed E-state index contributed by atoms with van der Waals surface area (Å²) in [4.78, 5) is 22.8. The van der Waals surface area contributed by atoms with Gasteiger partial charge in [-0.25, -0.2) is 4.57 Å². The molecule has 1 amide bonds. The topological polar surface area (TPSA) is 105 Å². The highest BCUT2D eigenvalue weighted by atomic mass is 31.2. The zero-order valence-corrected chi connectivity index (χ0v) is 36.7. The van der Waals surface area contributed by atoms with Crippen molar-refractivity contribution in [1.82, 2.24) is 5.32 Å². The van der Waals surface area contributed by atoms with Crippen LogP contribution in [0.1, 0.15) is 213 Å². The third-order valence-corrected chi connectivity index (χ3v) is 11.2. The third kappa shape index (κ3) is 39.3. The van der Waals surface area contributed by atoms with E-state index in [1.54, 1.807) is 6.08 Å². The molecule has 0 saturated heterocycles. The molecule has 0 saturated carbocycles. The molecule has 53 heavy (non-hydrogen) atoms. The average Bonchev–Trinajstić information content (AvgIpc) is 3.10. The number of phosphoric acid groups is 1. The second kappa shape index (κ2) is 36.9. The Morgan fingerprint density at radius 3 is 1.38 bits per heavy atom. The molecule has 3 N–H and O–H groups in total. The van der Waals surface area contributed by atoms with Gasteiger partial charge in [0.25, 0.3) is 0 Å². The Hall–Kier alpha value is -0.760. The molecule has 9 heteroatoms. The molecule has 0 aliphatic rings. The van der Waals surface area contributed by atoms with E-state index in [0.717, 1.165) is 38.5 Å². The summed E-state index contributed by atoms with van der Waals surface area (Å²) in [5.74, 6) is -0.182. The quantitative estimate of drug-likeness (QED) is 0.0247. The standard InChI is InChI=1S/C44H89N2O6P/c1-6-8-10-12-13-14-15-16-17-18-19-20-21-22-23-24-25-26-27-28-29-30-31-32-33-34-36-38-44(48)45-42(43(47)37-35-11-9-7-2)41-52-53(49,50)51-40-39-46(3,4)5/h35,37,42-43,47H,6-34,36,38-41H2,1-5H3,(H-,45,48,49,50)/p+1/b37-35+. The second-order valence-electron chi connectivity index (χ2n) is 16.8. The Morgan fingerprint density at radius 1 is 0.623 bits per heavy atom. The summed E-state index contributed by atoms with van der Waals surface area (Å²) in [6.45, 7) is 4.68. The maximum atomic E-state index is 12.7. The molecule has 0 aromatic rings. The lowest BCUT2D eigenvalue weighted by molar-refractivity contribution is -0.870. The minimum atomic E-state index is -4.31. The van der Waals surface area contributed by atoms with Gasteiger partial charge >= 0.3 is 7.82 Å². The number of hydrogen-bond acceptors (Lipinski definition) is 5. The number of rotatable bonds is 41. The van der Waals surface area contributed by atoms with Crippen LogP contribution >= 0.6 is 7.82 Å². The zero-order valence-electron chi connectivity index (χ0n) is 35.8. The molecular formula is C44H90N2O6P+. The summed E-state index contributed by atoms with van der Waals surface area (Å²) in [5.41, 5.74) is 0. The van der Waals surface area contributed by atoms with Crippen molar-refractivity contribution in [2.45, 2.75) is 225 Å². The van der Waals surface area contributed by atoms with E-state index in [2.05, 4.69) is 19.2 Å². The summed E-state index contributed by atoms with van der Waals surface area (Å²) in [6.07, 6.45) is 42.2. The highest BCUT2D eigenvalue weighted by molar-refractivity contribution is 7.47. The maximum Gasteiger partial charge on any atom is 0.472 e. The minimum Gasteiger partial charge on any atom is -0.387 e. The number of likely N-dealkylation sites (N-methyl/N-ethyl adjacent to an activating group) is 1. The smallest absolute Gasteiger partial charge is 0.387 e. The van der Waals surface area contributed by atoms with E-state index in [9.17, 15) is 19.4 Å². The van der Waals surface area contributed by atoms with E-state index >= 15 is 0 Å². The van der Waals surface area contributed by atoms with Crippen molar-refractivity contribution in [3.05, 3.63) is 12.2 Å². The number of carbonyl (C=O) groups is 1. The molecule has 8 nitrogen and oxygen atoms in total. The molecule has 0 spiro atoms. The first-order chi connectivity index (χ1) is 25.5. The predicted molar refractivity (Wildman–Crippen MR) is 226 cm³/mol. The van der Waals surface area contributed by atoms with Gasteiger partial charge in [0.15, 0.2) is 0 Å². The number of unbranched alkanes of at least 4 members (excludes halogenated alkanes) is 28. The van der Waals surface area contributed by atoms with Gasteiger partial charge in [0, 0.05) is 6.42 Å². The van der Waals surface area contributed by atoms with Crippen molar-refractivity contribution < 1.29 is 32.9 Å². The molecule has 3 unspecified atom stereocenters. The van der Waals surface area contributed by atoms with Gasteiger partial charge in [0.05, 0.1) is 39.9 Å². The van der Waals surface area contributed by atoms with Crippen LogP contribution in [0.3, 0.4) is 0 Å². The second-order valence-corrected chi connectivity index (χ2v) is 18.2. The van der Waals surface area contributed by atoms with Crippen molar-refractivity contribution in [2.75, 3.05) is 40.9 Å². The van der Waals surface area contributed by atoms with Gasteiger partial charge in [-0.3, -0.25) is 13.8 Å². The monoisotopic (exact) mass is 774 g/mol. The lowest BCUT2D eigenvalue weighted by Crippen LogP contribution is -2.45. The van der Waals surface area contributed by atoms with Crippen LogP contribution in [0.25, 0.3) is 0 Å². The van der Waals surface area contributed by atoms with Crippen LogP contribution < -0.4 is 5.32 Å². The highest BCUT2D eigenvalue weighted by Gasteiger charge is 2.27. The minimum absolute atomic E-state index is 0.0629. The number of aliphatic hydroxyl groups excluding tert-OH is 1. The number of nitrogens with one attached hydrogen (secondary N) is 1. The summed E-state index contributed by atoms with van der Waals surface area (Å²) >= 11 is 0. The van der Waals surface area contributed by atoms with Crippen LogP contribution in [-0.4, -0.2) is 73.4 Å². The van der Waals surface area contributed by atoms with Crippen molar-refractivity contribution >= 4 is 13.7 Å². The van der Waals surface area contributed by atoms with Gasteiger partial charge in [0.1, 0.15) is 13.2 Å². The third-order valence-electron chi connectivity index (χ3n) is 10.3. The molecular weight excluding hydrogens is 683 g/mol. The Labute approximate surface area is 329 Å². The van der Waals surface area contributed by atoms with Crippen molar-refractivity contribution in [2.24, 2.45) is 0 Å². The molecule has 0 aliphatic heterocycles. The molecule has 0 heterocycles. The first-order valence-corrected chi connectivity index (χ1v) is 24.1. The van der Waals surface area contributed by atoms with Crippen molar-refractivity contribution in [1.29, 1.82) is 0 Å². The van der Waals surface area contributed by atoms with Crippen LogP contribution in [0.5, 0.6) is 0 Å². The van der Waals surface area contributed by atoms with E-state index in [-0.39, 0.29) is 19.1 Å². The SMILES string of the molecule is CCCC/C=C/C(O)C(COP(=O)(O)OCC[N+](C)(C)C)NC(=O)CCCCCCCCCCCCCCCCCCCCCCCCCCCCC. The van der Waals surface area contributed by atoms with Gasteiger partial charge in [-0.15, -0.1) is 0 Å². The fourth-order valence-electron chi connectivity index (χ4n) is 6.62. The van der Waals surface area contributed by atoms with Gasteiger partial charge < -0.3 is 19.8 Å². The van der Waals surface area contributed by atoms with E-state index in [1.807, 2.05) is 27.2 Å². The molecule has 0 rings (SSSR count). The number of nitrogens with zero attached hydrogens (tertiary/aromatic N) is 1. The Bertz CT molecular complexity index is 880. The summed E-state index contributed by atoms with van der Waals surface area (Å²) in [6, 6.07) is -0.836. The first kappa shape index (κ1) is 52.2. The van der Waals surface area contributed by atoms with Crippen molar-refractivity contribution in [3.8, 4) is 0 Å². The van der Waals surface area contributed by atoms with Gasteiger partial charge in [-0.2, -0.15) is 0 Å². The molecule has 0 fully saturated rings. The van der Waals surface area contributed by atoms with E-state index in [1.165, 1.54) is 154 Å². The van der Waals surface area contributed by atoms with Crippen LogP contribution in [0.4, 0.5) is 0 Å². The molecule has 3 atom stereocenters. The Kier molecular flexibility index (Phi) is 36.3. The number of allylic oxidation sites excluding steroid dienone is 1. The lowest BCUT2D eigenvalue weighted by atomic mass is 10.0. The van der Waals surface area contributed by atoms with Crippen LogP contribution in [0.15, 0.2) is 12.2 Å². The summed E-state index contributed by atoms with van der Waals surface area (Å²) in [5, 5.41) is 13.5. The van der Waals surface area contributed by atoms with Crippen LogP contribution in [-0.2, 0) is 18.4 Å². The molecule has 0 aromatic carbocycles. The van der Waals surface area contributed by atoms with Gasteiger partial charge in [0.2, 0.25) is 5.91 Å². The van der Waals surface area contributed by atoms with Crippen LogP contribution in [0, 0.1) is 0 Å². The number of hydrogen-bond donors (Lipinski definition) is 3.